The fourth-order valence-electron chi connectivity index (χ4n) is 1.76. The van der Waals surface area contributed by atoms with Crippen LogP contribution in [0.3, 0.4) is 0 Å². The number of benzene rings is 1. The summed E-state index contributed by atoms with van der Waals surface area (Å²) in [5.74, 6) is 0.754. The van der Waals surface area contributed by atoms with E-state index in [1.54, 1.807) is 0 Å². The molecule has 0 spiro atoms. The third-order valence-corrected chi connectivity index (χ3v) is 2.95. The molecule has 0 N–H and O–H groups in total. The average Bonchev–Trinajstić information content (AvgIpc) is 2.98. The van der Waals surface area contributed by atoms with E-state index >= 15 is 0 Å². The van der Waals surface area contributed by atoms with Crippen LogP contribution in [0.2, 0.25) is 5.02 Å². The summed E-state index contributed by atoms with van der Waals surface area (Å²) in [5.41, 5.74) is 1.29. The highest BCUT2D eigenvalue weighted by molar-refractivity contribution is 6.30. The van der Waals surface area contributed by atoms with Crippen molar-refractivity contribution in [2.24, 2.45) is 5.92 Å². The minimum atomic E-state index is -0.278. The predicted octanol–water partition coefficient (Wildman–Crippen LogP) is 3.52. The van der Waals surface area contributed by atoms with Gasteiger partial charge < -0.3 is 4.74 Å². The molecule has 0 heterocycles. The summed E-state index contributed by atoms with van der Waals surface area (Å²) in [4.78, 5) is 10.5. The van der Waals surface area contributed by atoms with Gasteiger partial charge in [-0.2, -0.15) is 0 Å². The van der Waals surface area contributed by atoms with Gasteiger partial charge in [-0.3, -0.25) is 4.79 Å². The maximum absolute atomic E-state index is 10.5. The highest BCUT2D eigenvalue weighted by Gasteiger charge is 2.36. The minimum Gasteiger partial charge on any atom is -0.435 e. The zero-order valence-electron chi connectivity index (χ0n) is 9.02. The molecule has 3 heteroatoms. The molecule has 1 fully saturated rings. The lowest BCUT2D eigenvalue weighted by Crippen LogP contribution is -1.89. The second kappa shape index (κ2) is 4.71. The fraction of sp³-hybridized carbons (Fsp3) is 0.308. The van der Waals surface area contributed by atoms with Gasteiger partial charge in [-0.05, 0) is 42.0 Å². The number of allylic oxidation sites excluding steroid dienone is 1. The van der Waals surface area contributed by atoms with Crippen LogP contribution in [-0.4, -0.2) is 5.97 Å². The number of carbonyl (C=O) groups excluding carboxylic acids is 1. The van der Waals surface area contributed by atoms with Crippen molar-refractivity contribution in [3.05, 3.63) is 47.2 Å². The van der Waals surface area contributed by atoms with Crippen molar-refractivity contribution in [3.8, 4) is 0 Å². The van der Waals surface area contributed by atoms with Crippen molar-refractivity contribution < 1.29 is 9.53 Å². The summed E-state index contributed by atoms with van der Waals surface area (Å²) in [6.45, 7) is 1.40. The van der Waals surface area contributed by atoms with Gasteiger partial charge in [0.2, 0.25) is 0 Å². The van der Waals surface area contributed by atoms with Crippen LogP contribution in [-0.2, 0) is 9.53 Å². The summed E-state index contributed by atoms with van der Waals surface area (Å²) < 4.78 is 4.76. The molecule has 0 amide bonds. The lowest BCUT2D eigenvalue weighted by atomic mass is 10.1. The molecule has 1 aliphatic carbocycles. The second-order valence-corrected chi connectivity index (χ2v) is 4.43. The third-order valence-electron chi connectivity index (χ3n) is 2.70. The standard InChI is InChI=1S/C13H13ClO2/c1-9(15)16-7-6-11-8-13(11)10-2-4-12(14)5-3-10/h2-7,11,13H,8H2,1H3/b7-6-/t11-,13+/m1/s1. The van der Waals surface area contributed by atoms with E-state index in [9.17, 15) is 4.79 Å². The largest absolute Gasteiger partial charge is 0.435 e. The Balaban J connectivity index is 1.89. The van der Waals surface area contributed by atoms with Crippen LogP contribution in [0.4, 0.5) is 0 Å². The van der Waals surface area contributed by atoms with Crippen LogP contribution in [0, 0.1) is 5.92 Å². The molecule has 1 aromatic rings. The van der Waals surface area contributed by atoms with Crippen LogP contribution >= 0.6 is 11.6 Å². The third kappa shape index (κ3) is 2.86. The highest BCUT2D eigenvalue weighted by Crippen LogP contribution is 2.48. The molecule has 2 atom stereocenters. The van der Waals surface area contributed by atoms with E-state index in [0.29, 0.717) is 11.8 Å². The summed E-state index contributed by atoms with van der Waals surface area (Å²) in [7, 11) is 0. The maximum atomic E-state index is 10.5. The van der Waals surface area contributed by atoms with Crippen LogP contribution in [0.1, 0.15) is 24.8 Å². The summed E-state index contributed by atoms with van der Waals surface area (Å²) in [6, 6.07) is 7.91. The van der Waals surface area contributed by atoms with Crippen LogP contribution in [0.15, 0.2) is 36.6 Å². The molecule has 0 aliphatic heterocycles. The molecule has 0 saturated heterocycles. The monoisotopic (exact) mass is 236 g/mol. The van der Waals surface area contributed by atoms with E-state index in [4.69, 9.17) is 16.3 Å². The lowest BCUT2D eigenvalue weighted by molar-refractivity contribution is -0.135. The Bertz CT molecular complexity index is 408. The molecule has 0 unspecified atom stereocenters. The molecular weight excluding hydrogens is 224 g/mol. The first-order valence-electron chi connectivity index (χ1n) is 5.26. The van der Waals surface area contributed by atoms with Gasteiger partial charge >= 0.3 is 5.97 Å². The topological polar surface area (TPSA) is 26.3 Å². The van der Waals surface area contributed by atoms with Crippen molar-refractivity contribution in [3.63, 3.8) is 0 Å². The zero-order chi connectivity index (χ0) is 11.5. The van der Waals surface area contributed by atoms with Crippen molar-refractivity contribution in [1.82, 2.24) is 0 Å². The summed E-state index contributed by atoms with van der Waals surface area (Å²) in [5, 5.41) is 0.761. The SMILES string of the molecule is CC(=O)O/C=C\[C@@H]1C[C@H]1c1ccc(Cl)cc1. The van der Waals surface area contributed by atoms with E-state index < -0.39 is 0 Å². The van der Waals surface area contributed by atoms with Crippen molar-refractivity contribution in [2.75, 3.05) is 0 Å². The Labute approximate surface area is 99.9 Å². The van der Waals surface area contributed by atoms with Crippen molar-refractivity contribution in [1.29, 1.82) is 0 Å². The molecule has 1 aliphatic rings. The highest BCUT2D eigenvalue weighted by atomic mass is 35.5. The number of rotatable bonds is 3. The predicted molar refractivity (Wildman–Crippen MR) is 63.2 cm³/mol. The molecule has 0 bridgehead atoms. The molecule has 16 heavy (non-hydrogen) atoms. The van der Waals surface area contributed by atoms with Gasteiger partial charge in [0.1, 0.15) is 0 Å². The summed E-state index contributed by atoms with van der Waals surface area (Å²) in [6.07, 6.45) is 4.54. The Kier molecular flexibility index (Phi) is 3.30. The van der Waals surface area contributed by atoms with E-state index in [1.165, 1.54) is 18.7 Å². The average molecular weight is 237 g/mol. The zero-order valence-corrected chi connectivity index (χ0v) is 9.78. The van der Waals surface area contributed by atoms with Gasteiger partial charge in [0.15, 0.2) is 0 Å². The molecular formula is C13H13ClO2. The molecule has 1 saturated carbocycles. The molecule has 0 radical (unpaired) electrons. The smallest absolute Gasteiger partial charge is 0.307 e. The molecule has 84 valence electrons. The molecule has 2 nitrogen and oxygen atoms in total. The van der Waals surface area contributed by atoms with E-state index in [0.717, 1.165) is 11.4 Å². The summed E-state index contributed by atoms with van der Waals surface area (Å²) >= 11 is 5.82. The Hall–Kier alpha value is -1.28. The van der Waals surface area contributed by atoms with Crippen LogP contribution in [0.25, 0.3) is 0 Å². The second-order valence-electron chi connectivity index (χ2n) is 4.00. The van der Waals surface area contributed by atoms with Gasteiger partial charge in [0.25, 0.3) is 0 Å². The Morgan fingerprint density at radius 1 is 1.44 bits per heavy atom. The fourth-order valence-corrected chi connectivity index (χ4v) is 1.88. The van der Waals surface area contributed by atoms with Crippen LogP contribution < -0.4 is 0 Å². The van der Waals surface area contributed by atoms with Gasteiger partial charge in [0, 0.05) is 11.9 Å². The van der Waals surface area contributed by atoms with Gasteiger partial charge in [-0.1, -0.05) is 23.7 Å². The maximum Gasteiger partial charge on any atom is 0.307 e. The number of hydrogen-bond acceptors (Lipinski definition) is 2. The first-order chi connectivity index (χ1) is 7.66. The first kappa shape index (κ1) is 11.2. The quantitative estimate of drug-likeness (QED) is 0.593. The molecule has 2 rings (SSSR count). The van der Waals surface area contributed by atoms with Gasteiger partial charge in [-0.25, -0.2) is 0 Å². The van der Waals surface area contributed by atoms with Crippen molar-refractivity contribution in [2.45, 2.75) is 19.3 Å². The lowest BCUT2D eigenvalue weighted by Gasteiger charge is -1.97. The Morgan fingerprint density at radius 2 is 2.12 bits per heavy atom. The van der Waals surface area contributed by atoms with Gasteiger partial charge in [0.05, 0.1) is 6.26 Å². The molecule has 1 aromatic carbocycles. The Morgan fingerprint density at radius 3 is 2.75 bits per heavy atom. The number of carbonyl (C=O) groups is 1. The normalized spacial score (nSPS) is 23.4. The van der Waals surface area contributed by atoms with Crippen LogP contribution in [0.5, 0.6) is 0 Å². The minimum absolute atomic E-state index is 0.278. The number of hydrogen-bond donors (Lipinski definition) is 0. The number of esters is 1. The van der Waals surface area contributed by atoms with Crippen molar-refractivity contribution >= 4 is 17.6 Å². The van der Waals surface area contributed by atoms with E-state index in [-0.39, 0.29) is 5.97 Å². The van der Waals surface area contributed by atoms with E-state index in [1.807, 2.05) is 30.3 Å². The van der Waals surface area contributed by atoms with E-state index in [2.05, 4.69) is 0 Å². The van der Waals surface area contributed by atoms with Gasteiger partial charge in [-0.15, -0.1) is 0 Å². The number of halogens is 1. The number of ether oxygens (including phenoxy) is 1. The molecule has 0 aromatic heterocycles. The first-order valence-corrected chi connectivity index (χ1v) is 5.64.